The lowest BCUT2D eigenvalue weighted by Gasteiger charge is -2.36. The van der Waals surface area contributed by atoms with E-state index in [1.807, 2.05) is 11.8 Å². The Morgan fingerprint density at radius 2 is 1.83 bits per heavy atom. The van der Waals surface area contributed by atoms with Crippen molar-refractivity contribution in [2.75, 3.05) is 46.4 Å². The third kappa shape index (κ3) is 5.18. The van der Waals surface area contributed by atoms with Crippen LogP contribution >= 0.6 is 0 Å². The predicted octanol–water partition coefficient (Wildman–Crippen LogP) is 0.862. The van der Waals surface area contributed by atoms with Gasteiger partial charge >= 0.3 is 0 Å². The van der Waals surface area contributed by atoms with Crippen molar-refractivity contribution in [2.24, 2.45) is 5.92 Å². The fourth-order valence-corrected chi connectivity index (χ4v) is 3.47. The molecule has 1 atom stereocenters. The summed E-state index contributed by atoms with van der Waals surface area (Å²) in [6.07, 6.45) is 4.87. The van der Waals surface area contributed by atoms with E-state index in [0.29, 0.717) is 19.1 Å². The zero-order valence-electron chi connectivity index (χ0n) is 14.6. The summed E-state index contributed by atoms with van der Waals surface area (Å²) in [6.45, 7) is 6.79. The van der Waals surface area contributed by atoms with Crippen molar-refractivity contribution < 1.29 is 14.3 Å². The Balaban J connectivity index is 1.70. The Morgan fingerprint density at radius 3 is 2.43 bits per heavy atom. The lowest BCUT2D eigenvalue weighted by atomic mass is 9.94. The highest BCUT2D eigenvalue weighted by Crippen LogP contribution is 2.23. The SMILES string of the molecule is COCCCNC(=O)C(C)N1CCC(C(=O)N2CCCC2)CC1. The van der Waals surface area contributed by atoms with Gasteiger partial charge in [0.05, 0.1) is 6.04 Å². The number of likely N-dealkylation sites (tertiary alicyclic amines) is 2. The molecule has 2 amide bonds. The van der Waals surface area contributed by atoms with E-state index in [-0.39, 0.29) is 17.9 Å². The van der Waals surface area contributed by atoms with Crippen LogP contribution in [0.25, 0.3) is 0 Å². The van der Waals surface area contributed by atoms with Gasteiger partial charge in [-0.25, -0.2) is 0 Å². The van der Waals surface area contributed by atoms with E-state index in [0.717, 1.165) is 58.3 Å². The highest BCUT2D eigenvalue weighted by molar-refractivity contribution is 5.81. The summed E-state index contributed by atoms with van der Waals surface area (Å²) in [6, 6.07) is -0.125. The largest absolute Gasteiger partial charge is 0.385 e. The van der Waals surface area contributed by atoms with E-state index in [4.69, 9.17) is 4.74 Å². The van der Waals surface area contributed by atoms with Gasteiger partial charge in [-0.2, -0.15) is 0 Å². The van der Waals surface area contributed by atoms with Crippen LogP contribution in [-0.4, -0.2) is 74.1 Å². The molecular weight excluding hydrogens is 294 g/mol. The first-order chi connectivity index (χ1) is 11.1. The maximum atomic E-state index is 12.4. The van der Waals surface area contributed by atoms with Gasteiger partial charge in [-0.3, -0.25) is 14.5 Å². The molecule has 0 spiro atoms. The molecule has 2 rings (SSSR count). The van der Waals surface area contributed by atoms with Gasteiger partial charge in [0, 0.05) is 39.3 Å². The number of rotatable bonds is 7. The molecule has 0 aromatic carbocycles. The van der Waals surface area contributed by atoms with Gasteiger partial charge in [0.15, 0.2) is 0 Å². The molecule has 132 valence electrons. The molecule has 6 nitrogen and oxygen atoms in total. The maximum absolute atomic E-state index is 12.4. The molecule has 2 aliphatic heterocycles. The summed E-state index contributed by atoms with van der Waals surface area (Å²) in [7, 11) is 1.66. The lowest BCUT2D eigenvalue weighted by Crippen LogP contribution is -2.50. The van der Waals surface area contributed by atoms with Crippen molar-refractivity contribution >= 4 is 11.8 Å². The zero-order chi connectivity index (χ0) is 16.7. The average Bonchev–Trinajstić information content (AvgIpc) is 3.12. The summed E-state index contributed by atoms with van der Waals surface area (Å²) < 4.78 is 4.98. The number of hydrogen-bond acceptors (Lipinski definition) is 4. The van der Waals surface area contributed by atoms with Crippen LogP contribution in [0, 0.1) is 5.92 Å². The van der Waals surface area contributed by atoms with Crippen LogP contribution in [0.15, 0.2) is 0 Å². The second-order valence-electron chi connectivity index (χ2n) is 6.66. The molecule has 1 N–H and O–H groups in total. The van der Waals surface area contributed by atoms with Crippen molar-refractivity contribution in [1.29, 1.82) is 0 Å². The van der Waals surface area contributed by atoms with E-state index >= 15 is 0 Å². The standard InChI is InChI=1S/C17H31N3O3/c1-14(16(21)18-8-5-13-23-2)19-11-6-15(7-12-19)17(22)20-9-3-4-10-20/h14-15H,3-13H2,1-2H3,(H,18,21). The second-order valence-corrected chi connectivity index (χ2v) is 6.66. The minimum Gasteiger partial charge on any atom is -0.385 e. The molecule has 2 saturated heterocycles. The fraction of sp³-hybridized carbons (Fsp3) is 0.882. The number of methoxy groups -OCH3 is 1. The van der Waals surface area contributed by atoms with Crippen molar-refractivity contribution in [3.05, 3.63) is 0 Å². The Hall–Kier alpha value is -1.14. The molecule has 0 aliphatic carbocycles. The van der Waals surface area contributed by atoms with Crippen LogP contribution < -0.4 is 5.32 Å². The Bertz CT molecular complexity index is 389. The van der Waals surface area contributed by atoms with Crippen molar-refractivity contribution in [3.8, 4) is 0 Å². The number of nitrogens with one attached hydrogen (secondary N) is 1. The van der Waals surface area contributed by atoms with E-state index < -0.39 is 0 Å². The van der Waals surface area contributed by atoms with Crippen LogP contribution in [0.3, 0.4) is 0 Å². The molecular formula is C17H31N3O3. The number of carbonyl (C=O) groups excluding carboxylic acids is 2. The summed E-state index contributed by atoms with van der Waals surface area (Å²) in [5, 5.41) is 2.96. The monoisotopic (exact) mass is 325 g/mol. The molecule has 2 aliphatic rings. The minimum absolute atomic E-state index is 0.0745. The predicted molar refractivity (Wildman–Crippen MR) is 89.1 cm³/mol. The summed E-state index contributed by atoms with van der Waals surface area (Å²) in [4.78, 5) is 28.8. The van der Waals surface area contributed by atoms with Gasteiger partial charge in [0.25, 0.3) is 0 Å². The molecule has 0 saturated carbocycles. The fourth-order valence-electron chi connectivity index (χ4n) is 3.47. The second kappa shape index (κ2) is 9.23. The van der Waals surface area contributed by atoms with Gasteiger partial charge in [0.2, 0.25) is 11.8 Å². The summed E-state index contributed by atoms with van der Waals surface area (Å²) >= 11 is 0. The number of piperidine rings is 1. The van der Waals surface area contributed by atoms with E-state index in [9.17, 15) is 9.59 Å². The molecule has 0 radical (unpaired) electrons. The summed E-state index contributed by atoms with van der Waals surface area (Å²) in [5.74, 6) is 0.561. The maximum Gasteiger partial charge on any atom is 0.237 e. The Morgan fingerprint density at radius 1 is 1.17 bits per heavy atom. The number of ether oxygens (including phenoxy) is 1. The van der Waals surface area contributed by atoms with E-state index in [2.05, 4.69) is 10.2 Å². The van der Waals surface area contributed by atoms with Gasteiger partial charge < -0.3 is 15.0 Å². The number of nitrogens with zero attached hydrogens (tertiary/aromatic N) is 2. The molecule has 1 unspecified atom stereocenters. The number of carbonyl (C=O) groups is 2. The van der Waals surface area contributed by atoms with Gasteiger partial charge in [0.1, 0.15) is 0 Å². The van der Waals surface area contributed by atoms with Crippen LogP contribution in [0.1, 0.15) is 39.0 Å². The van der Waals surface area contributed by atoms with E-state index in [1.54, 1.807) is 7.11 Å². The molecule has 0 aromatic rings. The molecule has 0 bridgehead atoms. The van der Waals surface area contributed by atoms with Gasteiger partial charge in [-0.05, 0) is 52.1 Å². The first-order valence-corrected chi connectivity index (χ1v) is 8.93. The van der Waals surface area contributed by atoms with Gasteiger partial charge in [-0.1, -0.05) is 0 Å². The number of amides is 2. The van der Waals surface area contributed by atoms with Crippen LogP contribution in [0.4, 0.5) is 0 Å². The highest BCUT2D eigenvalue weighted by Gasteiger charge is 2.32. The van der Waals surface area contributed by atoms with Crippen LogP contribution in [0.2, 0.25) is 0 Å². The normalized spacial score (nSPS) is 21.4. The van der Waals surface area contributed by atoms with Crippen molar-refractivity contribution in [3.63, 3.8) is 0 Å². The molecule has 2 fully saturated rings. The first-order valence-electron chi connectivity index (χ1n) is 8.93. The zero-order valence-corrected chi connectivity index (χ0v) is 14.6. The topological polar surface area (TPSA) is 61.9 Å². The quantitative estimate of drug-likeness (QED) is 0.705. The van der Waals surface area contributed by atoms with Crippen LogP contribution in [-0.2, 0) is 14.3 Å². The third-order valence-electron chi connectivity index (χ3n) is 5.05. The Labute approximate surface area is 139 Å². The van der Waals surface area contributed by atoms with E-state index in [1.165, 1.54) is 0 Å². The van der Waals surface area contributed by atoms with Gasteiger partial charge in [-0.15, -0.1) is 0 Å². The molecule has 2 heterocycles. The third-order valence-corrected chi connectivity index (χ3v) is 5.05. The molecule has 6 heteroatoms. The molecule has 23 heavy (non-hydrogen) atoms. The highest BCUT2D eigenvalue weighted by atomic mass is 16.5. The van der Waals surface area contributed by atoms with Crippen LogP contribution in [0.5, 0.6) is 0 Å². The summed E-state index contributed by atoms with van der Waals surface area (Å²) in [5.41, 5.74) is 0. The Kier molecular flexibility index (Phi) is 7.30. The van der Waals surface area contributed by atoms with Crippen molar-refractivity contribution in [2.45, 2.75) is 45.1 Å². The molecule has 0 aromatic heterocycles. The smallest absolute Gasteiger partial charge is 0.237 e. The van der Waals surface area contributed by atoms with Crippen molar-refractivity contribution in [1.82, 2.24) is 15.1 Å². The average molecular weight is 325 g/mol. The first kappa shape index (κ1) is 18.2. The lowest BCUT2D eigenvalue weighted by molar-refractivity contribution is -0.136. The minimum atomic E-state index is -0.125. The number of hydrogen-bond donors (Lipinski definition) is 1.